The Bertz CT molecular complexity index is 695. The Hall–Kier alpha value is -0.790. The Morgan fingerprint density at radius 3 is 2.58 bits per heavy atom. The average molecular weight is 429 g/mol. The van der Waals surface area contributed by atoms with Gasteiger partial charge in [0.2, 0.25) is 0 Å². The number of fused-ring (bicyclic) bond motifs is 5. The van der Waals surface area contributed by atoms with Crippen LogP contribution in [-0.4, -0.2) is 12.1 Å². The van der Waals surface area contributed by atoms with Gasteiger partial charge in [0.05, 0.1) is 0 Å². The van der Waals surface area contributed by atoms with Crippen LogP contribution in [0.4, 0.5) is 0 Å². The maximum Gasteiger partial charge on any atom is 0.302 e. The molecule has 9 atom stereocenters. The van der Waals surface area contributed by atoms with Crippen molar-refractivity contribution in [2.75, 3.05) is 0 Å². The molecule has 0 saturated heterocycles. The van der Waals surface area contributed by atoms with Crippen molar-refractivity contribution in [1.82, 2.24) is 0 Å². The van der Waals surface area contributed by atoms with Crippen molar-refractivity contribution in [3.05, 3.63) is 11.6 Å². The molecule has 2 nitrogen and oxygen atoms in total. The highest BCUT2D eigenvalue weighted by molar-refractivity contribution is 5.66. The van der Waals surface area contributed by atoms with Gasteiger partial charge in [0, 0.05) is 13.3 Å². The second-order valence-electron chi connectivity index (χ2n) is 12.5. The van der Waals surface area contributed by atoms with E-state index in [2.05, 4.69) is 40.7 Å². The van der Waals surface area contributed by atoms with E-state index in [1.165, 1.54) is 57.8 Å². The summed E-state index contributed by atoms with van der Waals surface area (Å²) < 4.78 is 5.62. The zero-order valence-corrected chi connectivity index (χ0v) is 21.2. The number of allylic oxidation sites excluding steroid dienone is 1. The summed E-state index contributed by atoms with van der Waals surface area (Å²) in [5, 5.41) is 0. The van der Waals surface area contributed by atoms with Gasteiger partial charge in [-0.2, -0.15) is 0 Å². The summed E-state index contributed by atoms with van der Waals surface area (Å²) in [5.41, 5.74) is 2.53. The standard InChI is InChI=1S/C29H48O2/c1-7-19(2)8-9-20(3)25-12-13-26-24-11-10-22-18-23(31-21(4)30)14-16-28(22,5)27(24)15-17-29(25,26)6/h10,19-20,23-27H,7-9,11-18H2,1-6H3/t19-,20+,23-,24-,25+,26-,27-,28-,29+/m0/s1. The smallest absolute Gasteiger partial charge is 0.302 e. The zero-order valence-electron chi connectivity index (χ0n) is 21.2. The number of carbonyl (C=O) groups is 1. The second kappa shape index (κ2) is 8.86. The lowest BCUT2D eigenvalue weighted by atomic mass is 9.47. The molecule has 3 fully saturated rings. The Balaban J connectivity index is 1.48. The monoisotopic (exact) mass is 428 g/mol. The van der Waals surface area contributed by atoms with E-state index in [9.17, 15) is 4.79 Å². The van der Waals surface area contributed by atoms with Crippen molar-refractivity contribution in [1.29, 1.82) is 0 Å². The minimum absolute atomic E-state index is 0.115. The van der Waals surface area contributed by atoms with Gasteiger partial charge < -0.3 is 4.74 Å². The van der Waals surface area contributed by atoms with E-state index in [1.807, 2.05) is 0 Å². The second-order valence-corrected chi connectivity index (χ2v) is 12.5. The largest absolute Gasteiger partial charge is 0.462 e. The van der Waals surface area contributed by atoms with Crippen molar-refractivity contribution in [2.45, 2.75) is 118 Å². The van der Waals surface area contributed by atoms with E-state index < -0.39 is 0 Å². The van der Waals surface area contributed by atoms with Crippen LogP contribution in [0.15, 0.2) is 11.6 Å². The van der Waals surface area contributed by atoms with Crippen molar-refractivity contribution < 1.29 is 9.53 Å². The van der Waals surface area contributed by atoms with Crippen molar-refractivity contribution in [3.63, 3.8) is 0 Å². The van der Waals surface area contributed by atoms with Crippen LogP contribution in [0.5, 0.6) is 0 Å². The summed E-state index contributed by atoms with van der Waals surface area (Å²) in [6, 6.07) is 0. The first kappa shape index (κ1) is 23.4. The third kappa shape index (κ3) is 4.15. The van der Waals surface area contributed by atoms with Gasteiger partial charge in [-0.1, -0.05) is 65.5 Å². The van der Waals surface area contributed by atoms with Crippen molar-refractivity contribution in [3.8, 4) is 0 Å². The van der Waals surface area contributed by atoms with Gasteiger partial charge in [0.25, 0.3) is 0 Å². The molecule has 0 aromatic carbocycles. The molecular weight excluding hydrogens is 380 g/mol. The van der Waals surface area contributed by atoms with E-state index in [1.54, 1.807) is 12.5 Å². The molecule has 3 saturated carbocycles. The summed E-state index contributed by atoms with van der Waals surface area (Å²) in [6.45, 7) is 14.1. The summed E-state index contributed by atoms with van der Waals surface area (Å²) in [7, 11) is 0. The van der Waals surface area contributed by atoms with Crippen LogP contribution in [-0.2, 0) is 9.53 Å². The van der Waals surface area contributed by atoms with Crippen LogP contribution in [0.1, 0.15) is 112 Å². The fourth-order valence-corrected chi connectivity index (χ4v) is 8.89. The number of ether oxygens (including phenoxy) is 1. The highest BCUT2D eigenvalue weighted by atomic mass is 16.5. The van der Waals surface area contributed by atoms with Crippen LogP contribution >= 0.6 is 0 Å². The molecule has 0 aromatic rings. The van der Waals surface area contributed by atoms with Crippen LogP contribution in [0.25, 0.3) is 0 Å². The molecule has 176 valence electrons. The first-order valence-electron chi connectivity index (χ1n) is 13.6. The molecule has 4 aliphatic carbocycles. The number of esters is 1. The Morgan fingerprint density at radius 1 is 1.10 bits per heavy atom. The Kier molecular flexibility index (Phi) is 6.68. The lowest BCUT2D eigenvalue weighted by molar-refractivity contribution is -0.148. The van der Waals surface area contributed by atoms with Gasteiger partial charge in [-0.05, 0) is 91.3 Å². The number of hydrogen-bond donors (Lipinski definition) is 0. The van der Waals surface area contributed by atoms with Crippen LogP contribution in [0.2, 0.25) is 0 Å². The highest BCUT2D eigenvalue weighted by Gasteiger charge is 2.59. The van der Waals surface area contributed by atoms with E-state index in [0.717, 1.165) is 48.3 Å². The topological polar surface area (TPSA) is 26.3 Å². The van der Waals surface area contributed by atoms with Gasteiger partial charge in [-0.15, -0.1) is 0 Å². The molecule has 0 N–H and O–H groups in total. The minimum atomic E-state index is -0.115. The zero-order chi connectivity index (χ0) is 22.4. The number of hydrogen-bond acceptors (Lipinski definition) is 2. The Morgan fingerprint density at radius 2 is 1.87 bits per heavy atom. The number of rotatable bonds is 6. The maximum atomic E-state index is 11.5. The molecule has 31 heavy (non-hydrogen) atoms. The third-order valence-electron chi connectivity index (χ3n) is 11.0. The fraction of sp³-hybridized carbons (Fsp3) is 0.897. The number of carbonyl (C=O) groups excluding carboxylic acids is 1. The molecule has 0 unspecified atom stereocenters. The molecule has 2 heteroatoms. The van der Waals surface area contributed by atoms with Gasteiger partial charge in [0.1, 0.15) is 6.10 Å². The van der Waals surface area contributed by atoms with Crippen LogP contribution in [0, 0.1) is 46.3 Å². The van der Waals surface area contributed by atoms with E-state index in [-0.39, 0.29) is 12.1 Å². The van der Waals surface area contributed by atoms with Gasteiger partial charge in [-0.25, -0.2) is 0 Å². The summed E-state index contributed by atoms with van der Waals surface area (Å²) in [4.78, 5) is 11.5. The predicted octanol–water partition coefficient (Wildman–Crippen LogP) is 7.96. The predicted molar refractivity (Wildman–Crippen MR) is 129 cm³/mol. The molecule has 0 aromatic heterocycles. The first-order valence-corrected chi connectivity index (χ1v) is 13.6. The quantitative estimate of drug-likeness (QED) is 0.317. The molecule has 0 radical (unpaired) electrons. The van der Waals surface area contributed by atoms with Gasteiger partial charge in [0.15, 0.2) is 0 Å². The van der Waals surface area contributed by atoms with Crippen molar-refractivity contribution >= 4 is 5.97 Å². The van der Waals surface area contributed by atoms with Crippen molar-refractivity contribution in [2.24, 2.45) is 46.3 Å². The summed E-state index contributed by atoms with van der Waals surface area (Å²) in [5.74, 6) is 5.22. The molecular formula is C29H48O2. The van der Waals surface area contributed by atoms with E-state index >= 15 is 0 Å². The molecule has 0 amide bonds. The molecule has 0 bridgehead atoms. The first-order chi connectivity index (χ1) is 14.7. The lowest BCUT2D eigenvalue weighted by Crippen LogP contribution is -2.51. The SMILES string of the molecule is CC[C@H](C)CC[C@@H](C)[C@H]1CC[C@H]2[C@@H]3CC=C4C[C@@H](OC(C)=O)CC[C@]4(C)[C@H]3CC[C@]12C. The van der Waals surface area contributed by atoms with Gasteiger partial charge >= 0.3 is 5.97 Å². The minimum Gasteiger partial charge on any atom is -0.462 e. The summed E-state index contributed by atoms with van der Waals surface area (Å²) >= 11 is 0. The normalized spacial score (nSPS) is 43.8. The van der Waals surface area contributed by atoms with Crippen LogP contribution in [0.3, 0.4) is 0 Å². The maximum absolute atomic E-state index is 11.5. The molecule has 0 aliphatic heterocycles. The molecule has 4 rings (SSSR count). The lowest BCUT2D eigenvalue weighted by Gasteiger charge is -2.58. The van der Waals surface area contributed by atoms with Crippen LogP contribution < -0.4 is 0 Å². The highest BCUT2D eigenvalue weighted by Crippen LogP contribution is 2.67. The molecule has 0 heterocycles. The summed E-state index contributed by atoms with van der Waals surface area (Å²) in [6.07, 6.45) is 17.2. The molecule has 0 spiro atoms. The van der Waals surface area contributed by atoms with E-state index in [0.29, 0.717) is 10.8 Å². The third-order valence-corrected chi connectivity index (χ3v) is 11.0. The van der Waals surface area contributed by atoms with E-state index in [4.69, 9.17) is 4.74 Å². The van der Waals surface area contributed by atoms with Gasteiger partial charge in [-0.3, -0.25) is 4.79 Å². The average Bonchev–Trinajstić information content (AvgIpc) is 3.09. The Labute approximate surface area is 192 Å². The molecule has 4 aliphatic rings. The fourth-order valence-electron chi connectivity index (χ4n) is 8.89.